The van der Waals surface area contributed by atoms with Crippen LogP contribution >= 0.6 is 28.6 Å². The molecule has 3 aliphatic heterocycles. The zero-order valence-electron chi connectivity index (χ0n) is 16.3. The largest absolute Gasteiger partial charge is 0.381 e. The molecule has 1 aromatic rings. The molecule has 2 saturated heterocycles. The predicted molar refractivity (Wildman–Crippen MR) is 115 cm³/mol. The first-order valence-electron chi connectivity index (χ1n) is 10.1. The van der Waals surface area contributed by atoms with E-state index in [0.717, 1.165) is 41.5 Å². The van der Waals surface area contributed by atoms with Crippen LogP contribution in [0.4, 0.5) is 4.39 Å². The standard InChI is InChI=1S/C21H25BrFN3O2S/c1-25-17(9-18(27)24-13-4-6-28-7-5-13)19-15-10-21(15,11-26(19)20(25)29)14-8-12(22)2-3-16(14)23/h2-3,8,13,15,20,29H,4-7,9-11H2,1H3,(H,24,27)/t15-,20?,21+/m0/s1. The number of carbonyl (C=O) groups is 1. The van der Waals surface area contributed by atoms with E-state index >= 15 is 0 Å². The SMILES string of the molecule is CN1C(CC(=O)NC2CCOCC2)=C2[C@@H]3C[C@]3(c3cc(Br)ccc3F)CN2C1S. The fraction of sp³-hybridized carbons (Fsp3) is 0.571. The van der Waals surface area contributed by atoms with Crippen molar-refractivity contribution in [2.24, 2.45) is 5.92 Å². The Hall–Kier alpha value is -1.25. The summed E-state index contributed by atoms with van der Waals surface area (Å²) in [5, 5.41) is 3.16. The average molecular weight is 482 g/mol. The smallest absolute Gasteiger partial charge is 0.226 e. The summed E-state index contributed by atoms with van der Waals surface area (Å²) in [4.78, 5) is 17.1. The molecule has 29 heavy (non-hydrogen) atoms. The number of nitrogens with zero attached hydrogens (tertiary/aromatic N) is 2. The fourth-order valence-electron chi connectivity index (χ4n) is 5.28. The van der Waals surface area contributed by atoms with Gasteiger partial charge in [0, 0.05) is 60.0 Å². The predicted octanol–water partition coefficient (Wildman–Crippen LogP) is 3.22. The molecule has 0 aromatic heterocycles. The number of benzene rings is 1. The highest BCUT2D eigenvalue weighted by Gasteiger charge is 2.67. The van der Waals surface area contributed by atoms with E-state index in [4.69, 9.17) is 17.4 Å². The van der Waals surface area contributed by atoms with Gasteiger partial charge in [0.1, 0.15) is 11.3 Å². The molecule has 0 radical (unpaired) electrons. The molecule has 1 amide bonds. The second-order valence-corrected chi connectivity index (χ2v) is 9.96. The molecule has 1 unspecified atom stereocenters. The third-order valence-electron chi connectivity index (χ3n) is 6.89. The van der Waals surface area contributed by atoms with Crippen molar-refractivity contribution in [1.82, 2.24) is 15.1 Å². The van der Waals surface area contributed by atoms with Gasteiger partial charge >= 0.3 is 0 Å². The van der Waals surface area contributed by atoms with Crippen molar-refractivity contribution in [2.45, 2.75) is 42.6 Å². The molecule has 4 aliphatic rings. The Balaban J connectivity index is 1.40. The van der Waals surface area contributed by atoms with Crippen molar-refractivity contribution >= 4 is 34.5 Å². The topological polar surface area (TPSA) is 44.8 Å². The molecule has 1 N–H and O–H groups in total. The molecule has 156 valence electrons. The highest BCUT2D eigenvalue weighted by Crippen LogP contribution is 2.67. The number of allylic oxidation sites excluding steroid dienone is 1. The summed E-state index contributed by atoms with van der Waals surface area (Å²) >= 11 is 8.27. The van der Waals surface area contributed by atoms with E-state index in [0.29, 0.717) is 19.6 Å². The first-order chi connectivity index (χ1) is 13.9. The number of rotatable bonds is 4. The molecular formula is C21H25BrFN3O2S. The van der Waals surface area contributed by atoms with E-state index in [9.17, 15) is 9.18 Å². The van der Waals surface area contributed by atoms with Gasteiger partial charge in [-0.25, -0.2) is 4.39 Å². The Labute approximate surface area is 184 Å². The van der Waals surface area contributed by atoms with Crippen LogP contribution in [0.2, 0.25) is 0 Å². The number of fused-ring (bicyclic) bond motifs is 3. The highest BCUT2D eigenvalue weighted by molar-refractivity contribution is 9.10. The number of hydrogen-bond acceptors (Lipinski definition) is 5. The van der Waals surface area contributed by atoms with Crippen molar-refractivity contribution < 1.29 is 13.9 Å². The highest BCUT2D eigenvalue weighted by atomic mass is 79.9. The maximum absolute atomic E-state index is 14.7. The van der Waals surface area contributed by atoms with E-state index in [-0.39, 0.29) is 34.6 Å². The molecule has 5 nitrogen and oxygen atoms in total. The Morgan fingerprint density at radius 2 is 2.17 bits per heavy atom. The van der Waals surface area contributed by atoms with Gasteiger partial charge in [-0.1, -0.05) is 15.9 Å². The normalized spacial score (nSPS) is 31.2. The van der Waals surface area contributed by atoms with Crippen LogP contribution in [0.3, 0.4) is 0 Å². The first kappa shape index (κ1) is 19.7. The molecule has 5 rings (SSSR count). The van der Waals surface area contributed by atoms with E-state index < -0.39 is 0 Å². The van der Waals surface area contributed by atoms with E-state index in [1.54, 1.807) is 6.07 Å². The zero-order valence-corrected chi connectivity index (χ0v) is 18.8. The van der Waals surface area contributed by atoms with Crippen LogP contribution in [0.1, 0.15) is 31.2 Å². The summed E-state index contributed by atoms with van der Waals surface area (Å²) in [5.41, 5.74) is 2.65. The third-order valence-corrected chi connectivity index (χ3v) is 8.01. The van der Waals surface area contributed by atoms with Gasteiger partial charge in [-0.3, -0.25) is 4.79 Å². The maximum atomic E-state index is 14.7. The van der Waals surface area contributed by atoms with Gasteiger partial charge < -0.3 is 19.9 Å². The Bertz CT molecular complexity index is 891. The van der Waals surface area contributed by atoms with Crippen LogP contribution in [-0.2, 0) is 14.9 Å². The summed E-state index contributed by atoms with van der Waals surface area (Å²) < 4.78 is 20.9. The van der Waals surface area contributed by atoms with Crippen molar-refractivity contribution in [2.75, 3.05) is 26.8 Å². The molecular weight excluding hydrogens is 457 g/mol. The van der Waals surface area contributed by atoms with Gasteiger partial charge in [-0.15, -0.1) is 12.6 Å². The molecule has 0 bridgehead atoms. The molecule has 1 saturated carbocycles. The van der Waals surface area contributed by atoms with Crippen LogP contribution in [0.15, 0.2) is 34.1 Å². The third kappa shape index (κ3) is 3.18. The molecule has 8 heteroatoms. The lowest BCUT2D eigenvalue weighted by molar-refractivity contribution is -0.122. The monoisotopic (exact) mass is 481 g/mol. The number of nitrogens with one attached hydrogen (secondary N) is 1. The van der Waals surface area contributed by atoms with Crippen molar-refractivity contribution in [1.29, 1.82) is 0 Å². The molecule has 3 atom stereocenters. The number of ether oxygens (including phenoxy) is 1. The van der Waals surface area contributed by atoms with Crippen LogP contribution < -0.4 is 5.32 Å². The van der Waals surface area contributed by atoms with Gasteiger partial charge in [0.15, 0.2) is 0 Å². The molecule has 0 spiro atoms. The number of carbonyl (C=O) groups excluding carboxylic acids is 1. The molecule has 3 heterocycles. The zero-order chi connectivity index (χ0) is 20.3. The van der Waals surface area contributed by atoms with Gasteiger partial charge in [0.05, 0.1) is 6.42 Å². The summed E-state index contributed by atoms with van der Waals surface area (Å²) in [5.74, 6) is 0.137. The average Bonchev–Trinajstić information content (AvgIpc) is 3.26. The van der Waals surface area contributed by atoms with Crippen molar-refractivity contribution in [3.63, 3.8) is 0 Å². The van der Waals surface area contributed by atoms with Crippen LogP contribution in [-0.4, -0.2) is 54.1 Å². The lowest BCUT2D eigenvalue weighted by Gasteiger charge is -2.29. The molecule has 1 aliphatic carbocycles. The summed E-state index contributed by atoms with van der Waals surface area (Å²) in [6.45, 7) is 2.14. The Kier molecular flexibility index (Phi) is 4.87. The second kappa shape index (κ2) is 7.17. The number of hydrogen-bond donors (Lipinski definition) is 2. The summed E-state index contributed by atoms with van der Waals surface area (Å²) in [6, 6.07) is 5.38. The minimum Gasteiger partial charge on any atom is -0.381 e. The van der Waals surface area contributed by atoms with Gasteiger partial charge in [-0.05, 0) is 43.0 Å². The quantitative estimate of drug-likeness (QED) is 0.648. The fourth-order valence-corrected chi connectivity index (χ4v) is 5.99. The summed E-state index contributed by atoms with van der Waals surface area (Å²) in [6.07, 6.45) is 2.99. The maximum Gasteiger partial charge on any atom is 0.226 e. The van der Waals surface area contributed by atoms with Gasteiger partial charge in [0.2, 0.25) is 5.91 Å². The van der Waals surface area contributed by atoms with Crippen LogP contribution in [0, 0.1) is 11.7 Å². The summed E-state index contributed by atoms with van der Waals surface area (Å²) in [7, 11) is 1.99. The van der Waals surface area contributed by atoms with Crippen molar-refractivity contribution in [3.05, 3.63) is 45.4 Å². The lowest BCUT2D eigenvalue weighted by Crippen LogP contribution is -2.40. The second-order valence-electron chi connectivity index (χ2n) is 8.59. The Morgan fingerprint density at radius 3 is 2.93 bits per heavy atom. The van der Waals surface area contributed by atoms with Crippen LogP contribution in [0.5, 0.6) is 0 Å². The van der Waals surface area contributed by atoms with E-state index in [1.165, 1.54) is 11.8 Å². The van der Waals surface area contributed by atoms with Gasteiger partial charge in [0.25, 0.3) is 0 Å². The van der Waals surface area contributed by atoms with Crippen LogP contribution in [0.25, 0.3) is 0 Å². The molecule has 3 fully saturated rings. The number of amides is 1. The number of halogens is 2. The lowest BCUT2D eigenvalue weighted by atomic mass is 9.94. The van der Waals surface area contributed by atoms with Crippen molar-refractivity contribution in [3.8, 4) is 0 Å². The Morgan fingerprint density at radius 1 is 1.41 bits per heavy atom. The molecule has 1 aromatic carbocycles. The number of thiol groups is 1. The number of piperidine rings is 1. The minimum atomic E-state index is -0.201. The van der Waals surface area contributed by atoms with E-state index in [2.05, 4.69) is 31.0 Å². The van der Waals surface area contributed by atoms with E-state index in [1.807, 2.05) is 13.1 Å². The minimum absolute atomic E-state index is 0.0421. The first-order valence-corrected chi connectivity index (χ1v) is 11.4. The van der Waals surface area contributed by atoms with Gasteiger partial charge in [-0.2, -0.15) is 0 Å².